The lowest BCUT2D eigenvalue weighted by Gasteiger charge is -2.35. The van der Waals surface area contributed by atoms with E-state index in [9.17, 15) is 9.59 Å². The summed E-state index contributed by atoms with van der Waals surface area (Å²) in [5.41, 5.74) is 1.71. The molecule has 2 aliphatic rings. The van der Waals surface area contributed by atoms with Gasteiger partial charge in [-0.3, -0.25) is 9.59 Å². The predicted octanol–water partition coefficient (Wildman–Crippen LogP) is 3.84. The molecule has 0 aromatic carbocycles. The summed E-state index contributed by atoms with van der Waals surface area (Å²) in [7, 11) is 0. The van der Waals surface area contributed by atoms with E-state index in [4.69, 9.17) is 0 Å². The fourth-order valence-corrected chi connectivity index (χ4v) is 5.20. The van der Waals surface area contributed by atoms with E-state index >= 15 is 0 Å². The highest BCUT2D eigenvalue weighted by Crippen LogP contribution is 2.40. The van der Waals surface area contributed by atoms with Gasteiger partial charge in [0.1, 0.15) is 0 Å². The fraction of sp³-hybridized carbons (Fsp3) is 0.714. The van der Waals surface area contributed by atoms with Crippen LogP contribution in [0.4, 0.5) is 0 Å². The molecule has 5 heteroatoms. The summed E-state index contributed by atoms with van der Waals surface area (Å²) in [5, 5.41) is 0. The van der Waals surface area contributed by atoms with Gasteiger partial charge < -0.3 is 9.80 Å². The van der Waals surface area contributed by atoms with Crippen LogP contribution >= 0.6 is 11.3 Å². The number of carbonyl (C=O) groups excluding carboxylic acids is 2. The SMILES string of the molecule is CC(C)C(=O)N1CCN(C(=O)c2cc3c(s2)CCC(C(C)(C)C)C3)CC1. The van der Waals surface area contributed by atoms with Crippen molar-refractivity contribution in [2.45, 2.75) is 53.9 Å². The van der Waals surface area contributed by atoms with Crippen LogP contribution in [0, 0.1) is 17.3 Å². The Kier molecular flexibility index (Phi) is 5.48. The van der Waals surface area contributed by atoms with Gasteiger partial charge in [0.05, 0.1) is 4.88 Å². The molecule has 1 fully saturated rings. The lowest BCUT2D eigenvalue weighted by Crippen LogP contribution is -2.51. The highest BCUT2D eigenvalue weighted by molar-refractivity contribution is 7.14. The number of nitrogens with zero attached hydrogens (tertiary/aromatic N) is 2. The van der Waals surface area contributed by atoms with Crippen LogP contribution in [0.5, 0.6) is 0 Å². The van der Waals surface area contributed by atoms with E-state index in [-0.39, 0.29) is 17.7 Å². The van der Waals surface area contributed by atoms with Crippen LogP contribution in [0.25, 0.3) is 0 Å². The van der Waals surface area contributed by atoms with E-state index in [1.165, 1.54) is 16.9 Å². The monoisotopic (exact) mass is 376 g/mol. The Bertz CT molecular complexity index is 679. The molecule has 2 heterocycles. The standard InChI is InChI=1S/C21H32N2O2S/c1-14(2)19(24)22-8-10-23(11-9-22)20(25)18-13-15-12-16(21(3,4)5)6-7-17(15)26-18/h13-14,16H,6-12H2,1-5H3. The average Bonchev–Trinajstić information content (AvgIpc) is 3.03. The molecule has 0 N–H and O–H groups in total. The summed E-state index contributed by atoms with van der Waals surface area (Å²) >= 11 is 1.69. The molecule has 1 saturated heterocycles. The predicted molar refractivity (Wildman–Crippen MR) is 107 cm³/mol. The van der Waals surface area contributed by atoms with Crippen molar-refractivity contribution in [2.75, 3.05) is 26.2 Å². The van der Waals surface area contributed by atoms with Crippen LogP contribution in [0.3, 0.4) is 0 Å². The van der Waals surface area contributed by atoms with Crippen molar-refractivity contribution in [1.29, 1.82) is 0 Å². The first-order valence-electron chi connectivity index (χ1n) is 9.86. The molecule has 4 nitrogen and oxygen atoms in total. The third-order valence-electron chi connectivity index (χ3n) is 5.89. The zero-order valence-corrected chi connectivity index (χ0v) is 17.6. The fourth-order valence-electron chi connectivity index (χ4n) is 4.02. The highest BCUT2D eigenvalue weighted by Gasteiger charge is 2.32. The van der Waals surface area contributed by atoms with Crippen molar-refractivity contribution in [3.8, 4) is 0 Å². The molecule has 26 heavy (non-hydrogen) atoms. The second-order valence-corrected chi connectivity index (χ2v) is 10.3. The Labute approximate surface area is 161 Å². The van der Waals surface area contributed by atoms with Crippen LogP contribution in [0.2, 0.25) is 0 Å². The summed E-state index contributed by atoms with van der Waals surface area (Å²) in [6.45, 7) is 13.4. The molecule has 0 saturated carbocycles. The second-order valence-electron chi connectivity index (χ2n) is 9.14. The molecule has 1 atom stereocenters. The molecule has 1 aliphatic carbocycles. The third kappa shape index (κ3) is 3.98. The van der Waals surface area contributed by atoms with Gasteiger partial charge in [-0.1, -0.05) is 34.6 Å². The summed E-state index contributed by atoms with van der Waals surface area (Å²) in [6, 6.07) is 2.14. The summed E-state index contributed by atoms with van der Waals surface area (Å²) in [6.07, 6.45) is 3.42. The van der Waals surface area contributed by atoms with Gasteiger partial charge in [-0.25, -0.2) is 0 Å². The van der Waals surface area contributed by atoms with Crippen molar-refractivity contribution in [2.24, 2.45) is 17.3 Å². The van der Waals surface area contributed by atoms with Crippen LogP contribution in [0.15, 0.2) is 6.07 Å². The van der Waals surface area contributed by atoms with E-state index in [0.29, 0.717) is 37.5 Å². The van der Waals surface area contributed by atoms with Gasteiger partial charge in [0.25, 0.3) is 5.91 Å². The van der Waals surface area contributed by atoms with E-state index in [1.807, 2.05) is 23.6 Å². The van der Waals surface area contributed by atoms with Crippen LogP contribution in [-0.4, -0.2) is 47.8 Å². The van der Waals surface area contributed by atoms with Crippen LogP contribution in [-0.2, 0) is 17.6 Å². The quantitative estimate of drug-likeness (QED) is 0.787. The number of piperazine rings is 1. The number of aryl methyl sites for hydroxylation is 1. The minimum Gasteiger partial charge on any atom is -0.339 e. The van der Waals surface area contributed by atoms with Crippen molar-refractivity contribution in [3.63, 3.8) is 0 Å². The van der Waals surface area contributed by atoms with Gasteiger partial charge in [-0.05, 0) is 42.2 Å². The molecule has 1 unspecified atom stereocenters. The Morgan fingerprint density at radius 1 is 1.12 bits per heavy atom. The normalized spacial score (nSPS) is 21.1. The Hall–Kier alpha value is -1.36. The highest BCUT2D eigenvalue weighted by atomic mass is 32.1. The van der Waals surface area contributed by atoms with Crippen molar-refractivity contribution >= 4 is 23.2 Å². The number of carbonyl (C=O) groups is 2. The van der Waals surface area contributed by atoms with Crippen molar-refractivity contribution in [1.82, 2.24) is 9.80 Å². The summed E-state index contributed by atoms with van der Waals surface area (Å²) in [5.74, 6) is 1.06. The zero-order chi connectivity index (χ0) is 19.1. The largest absolute Gasteiger partial charge is 0.339 e. The molecular weight excluding hydrogens is 344 g/mol. The maximum atomic E-state index is 12.9. The van der Waals surface area contributed by atoms with Gasteiger partial charge in [-0.15, -0.1) is 11.3 Å². The minimum absolute atomic E-state index is 0.0250. The maximum absolute atomic E-state index is 12.9. The van der Waals surface area contributed by atoms with Crippen LogP contribution in [0.1, 0.15) is 61.2 Å². The topological polar surface area (TPSA) is 40.6 Å². The smallest absolute Gasteiger partial charge is 0.264 e. The number of fused-ring (bicyclic) bond motifs is 1. The number of rotatable bonds is 2. The molecular formula is C21H32N2O2S. The van der Waals surface area contributed by atoms with Gasteiger partial charge in [-0.2, -0.15) is 0 Å². The number of hydrogen-bond acceptors (Lipinski definition) is 3. The molecule has 1 aromatic heterocycles. The van der Waals surface area contributed by atoms with E-state index in [0.717, 1.165) is 17.7 Å². The Morgan fingerprint density at radius 3 is 2.31 bits per heavy atom. The molecule has 2 amide bonds. The van der Waals surface area contributed by atoms with Crippen molar-refractivity contribution in [3.05, 3.63) is 21.4 Å². The zero-order valence-electron chi connectivity index (χ0n) is 16.8. The lowest BCUT2D eigenvalue weighted by atomic mass is 9.72. The average molecular weight is 377 g/mol. The molecule has 1 aromatic rings. The molecule has 0 bridgehead atoms. The molecule has 0 radical (unpaired) electrons. The second kappa shape index (κ2) is 7.34. The first-order valence-corrected chi connectivity index (χ1v) is 10.7. The molecule has 0 spiro atoms. The Morgan fingerprint density at radius 2 is 1.73 bits per heavy atom. The van der Waals surface area contributed by atoms with Gasteiger partial charge in [0.15, 0.2) is 0 Å². The van der Waals surface area contributed by atoms with Gasteiger partial charge in [0, 0.05) is 37.0 Å². The van der Waals surface area contributed by atoms with Crippen molar-refractivity contribution < 1.29 is 9.59 Å². The lowest BCUT2D eigenvalue weighted by molar-refractivity contribution is -0.135. The Balaban J connectivity index is 1.64. The third-order valence-corrected chi connectivity index (χ3v) is 7.12. The first-order chi connectivity index (χ1) is 12.2. The van der Waals surface area contributed by atoms with Gasteiger partial charge in [0.2, 0.25) is 5.91 Å². The van der Waals surface area contributed by atoms with Crippen LogP contribution < -0.4 is 0 Å². The minimum atomic E-state index is 0.0250. The summed E-state index contributed by atoms with van der Waals surface area (Å²) < 4.78 is 0. The van der Waals surface area contributed by atoms with E-state index < -0.39 is 0 Å². The number of hydrogen-bond donors (Lipinski definition) is 0. The molecule has 1 aliphatic heterocycles. The number of thiophene rings is 1. The molecule has 3 rings (SSSR count). The van der Waals surface area contributed by atoms with Gasteiger partial charge >= 0.3 is 0 Å². The van der Waals surface area contributed by atoms with E-state index in [2.05, 4.69) is 26.8 Å². The molecule has 144 valence electrons. The maximum Gasteiger partial charge on any atom is 0.264 e. The number of amides is 2. The van der Waals surface area contributed by atoms with E-state index in [1.54, 1.807) is 11.3 Å². The summed E-state index contributed by atoms with van der Waals surface area (Å²) in [4.78, 5) is 31.2. The first kappa shape index (κ1) is 19.4.